The van der Waals surface area contributed by atoms with Gasteiger partial charge in [0.1, 0.15) is 5.82 Å². The number of rotatable bonds is 5. The summed E-state index contributed by atoms with van der Waals surface area (Å²) in [5.74, 6) is 0.859. The van der Waals surface area contributed by atoms with Crippen molar-refractivity contribution in [1.29, 1.82) is 0 Å². The minimum Gasteiger partial charge on any atom is -0.371 e. The number of aromatic nitrogens is 1. The lowest BCUT2D eigenvalue weighted by atomic mass is 10.1. The first-order chi connectivity index (χ1) is 14.8. The van der Waals surface area contributed by atoms with Gasteiger partial charge in [0.2, 0.25) is 0 Å². The van der Waals surface area contributed by atoms with Crippen LogP contribution in [0.2, 0.25) is 0 Å². The molecule has 1 N–H and O–H groups in total. The van der Waals surface area contributed by atoms with Crippen LogP contribution in [-0.2, 0) is 11.3 Å². The summed E-state index contributed by atoms with van der Waals surface area (Å²) >= 11 is 0. The van der Waals surface area contributed by atoms with Crippen LogP contribution >= 0.6 is 0 Å². The third-order valence-corrected chi connectivity index (χ3v) is 5.57. The molecule has 1 fully saturated rings. The molecule has 5 rings (SSSR count). The summed E-state index contributed by atoms with van der Waals surface area (Å²) < 4.78 is 5.98. The maximum absolute atomic E-state index is 5.98. The average Bonchev–Trinajstić information content (AvgIpc) is 2.81. The lowest BCUT2D eigenvalue weighted by Gasteiger charge is -2.33. The standard InChI is InChI=1S/C26H25N3O/c1-2-7-22(8-3-1)25-19-29(14-15-30-25)18-20-10-13-26(27-17-20)28-24-12-11-21-6-4-5-9-23(21)16-24/h1-13,16-17,25H,14-15,18-19H2,(H,27,28). The van der Waals surface area contributed by atoms with Crippen molar-refractivity contribution in [2.75, 3.05) is 25.0 Å². The molecular weight excluding hydrogens is 370 g/mol. The van der Waals surface area contributed by atoms with Gasteiger partial charge in [0.25, 0.3) is 0 Å². The zero-order valence-corrected chi connectivity index (χ0v) is 16.9. The fourth-order valence-electron chi connectivity index (χ4n) is 3.98. The van der Waals surface area contributed by atoms with Crippen molar-refractivity contribution in [3.05, 3.63) is 102 Å². The number of benzene rings is 3. The largest absolute Gasteiger partial charge is 0.371 e. The van der Waals surface area contributed by atoms with E-state index in [0.29, 0.717) is 0 Å². The molecule has 0 radical (unpaired) electrons. The van der Waals surface area contributed by atoms with E-state index in [-0.39, 0.29) is 6.10 Å². The van der Waals surface area contributed by atoms with Gasteiger partial charge in [0, 0.05) is 31.5 Å². The quantitative estimate of drug-likeness (QED) is 0.481. The fraction of sp³-hybridized carbons (Fsp3) is 0.192. The molecule has 2 heterocycles. The molecule has 4 nitrogen and oxygen atoms in total. The maximum atomic E-state index is 5.98. The van der Waals surface area contributed by atoms with E-state index in [1.165, 1.54) is 21.9 Å². The van der Waals surface area contributed by atoms with Gasteiger partial charge in [0.15, 0.2) is 0 Å². The highest BCUT2D eigenvalue weighted by Crippen LogP contribution is 2.24. The molecule has 1 atom stereocenters. The Bertz CT molecular complexity index is 1110. The van der Waals surface area contributed by atoms with Crippen LogP contribution in [0.15, 0.2) is 91.1 Å². The molecule has 4 heteroatoms. The third-order valence-electron chi connectivity index (χ3n) is 5.57. The normalized spacial score (nSPS) is 17.1. The topological polar surface area (TPSA) is 37.4 Å². The highest BCUT2D eigenvalue weighted by Gasteiger charge is 2.21. The van der Waals surface area contributed by atoms with Crippen LogP contribution in [0, 0.1) is 0 Å². The second-order valence-electron chi connectivity index (χ2n) is 7.74. The third kappa shape index (κ3) is 4.35. The van der Waals surface area contributed by atoms with Gasteiger partial charge in [-0.15, -0.1) is 0 Å². The molecule has 1 aliphatic rings. The van der Waals surface area contributed by atoms with Crippen LogP contribution in [0.1, 0.15) is 17.2 Å². The van der Waals surface area contributed by atoms with Gasteiger partial charge in [-0.3, -0.25) is 4.90 Å². The molecule has 1 aromatic heterocycles. The molecule has 1 saturated heterocycles. The first-order valence-corrected chi connectivity index (χ1v) is 10.4. The zero-order chi connectivity index (χ0) is 20.2. The predicted octanol–water partition coefficient (Wildman–Crippen LogP) is 5.55. The molecule has 0 saturated carbocycles. The van der Waals surface area contributed by atoms with E-state index in [1.54, 1.807) is 0 Å². The first-order valence-electron chi connectivity index (χ1n) is 10.4. The Balaban J connectivity index is 1.22. The Labute approximate surface area is 177 Å². The fourth-order valence-corrected chi connectivity index (χ4v) is 3.98. The molecule has 0 bridgehead atoms. The van der Waals surface area contributed by atoms with E-state index in [1.807, 2.05) is 12.3 Å². The first kappa shape index (κ1) is 18.8. The molecule has 0 spiro atoms. The summed E-state index contributed by atoms with van der Waals surface area (Å²) in [4.78, 5) is 7.07. The van der Waals surface area contributed by atoms with Gasteiger partial charge in [-0.25, -0.2) is 4.98 Å². The van der Waals surface area contributed by atoms with Crippen molar-refractivity contribution in [2.24, 2.45) is 0 Å². The Morgan fingerprint density at radius 2 is 1.73 bits per heavy atom. The highest BCUT2D eigenvalue weighted by atomic mass is 16.5. The van der Waals surface area contributed by atoms with Gasteiger partial charge in [-0.1, -0.05) is 66.7 Å². The molecule has 1 aliphatic heterocycles. The number of fused-ring (bicyclic) bond motifs is 1. The molecule has 150 valence electrons. The summed E-state index contributed by atoms with van der Waals surface area (Å²) in [6.45, 7) is 3.49. The minimum absolute atomic E-state index is 0.141. The van der Waals surface area contributed by atoms with Gasteiger partial charge in [-0.05, 0) is 40.1 Å². The van der Waals surface area contributed by atoms with E-state index >= 15 is 0 Å². The van der Waals surface area contributed by atoms with Crippen molar-refractivity contribution in [2.45, 2.75) is 12.6 Å². The van der Waals surface area contributed by atoms with Crippen molar-refractivity contribution >= 4 is 22.3 Å². The van der Waals surface area contributed by atoms with Crippen LogP contribution < -0.4 is 5.32 Å². The Hall–Kier alpha value is -3.21. The predicted molar refractivity (Wildman–Crippen MR) is 122 cm³/mol. The van der Waals surface area contributed by atoms with Crippen LogP contribution in [0.3, 0.4) is 0 Å². The molecule has 3 aromatic carbocycles. The second kappa shape index (κ2) is 8.66. The molecule has 0 aliphatic carbocycles. The summed E-state index contributed by atoms with van der Waals surface area (Å²) in [5, 5.41) is 5.87. The number of ether oxygens (including phenoxy) is 1. The van der Waals surface area contributed by atoms with Crippen molar-refractivity contribution in [3.63, 3.8) is 0 Å². The average molecular weight is 396 g/mol. The number of anilines is 2. The van der Waals surface area contributed by atoms with Crippen molar-refractivity contribution in [1.82, 2.24) is 9.88 Å². The van der Waals surface area contributed by atoms with E-state index in [9.17, 15) is 0 Å². The number of pyridine rings is 1. The Kier molecular flexibility index (Phi) is 5.42. The lowest BCUT2D eigenvalue weighted by Crippen LogP contribution is -2.37. The van der Waals surface area contributed by atoms with Crippen LogP contribution in [0.4, 0.5) is 11.5 Å². The molecule has 1 unspecified atom stereocenters. The SMILES string of the molecule is c1ccc(C2CN(Cc3ccc(Nc4ccc5ccccc5c4)nc3)CCO2)cc1. The number of nitrogens with zero attached hydrogens (tertiary/aromatic N) is 2. The van der Waals surface area contributed by atoms with Gasteiger partial charge in [0.05, 0.1) is 12.7 Å². The van der Waals surface area contributed by atoms with Crippen LogP contribution in [-0.4, -0.2) is 29.6 Å². The second-order valence-corrected chi connectivity index (χ2v) is 7.74. The Morgan fingerprint density at radius 3 is 2.57 bits per heavy atom. The van der Waals surface area contributed by atoms with E-state index in [2.05, 4.69) is 94.1 Å². The lowest BCUT2D eigenvalue weighted by molar-refractivity contribution is -0.0329. The monoisotopic (exact) mass is 395 g/mol. The smallest absolute Gasteiger partial charge is 0.130 e. The summed E-state index contributed by atoms with van der Waals surface area (Å²) in [6, 6.07) is 29.4. The number of hydrogen-bond donors (Lipinski definition) is 1. The van der Waals surface area contributed by atoms with E-state index in [0.717, 1.165) is 37.7 Å². The van der Waals surface area contributed by atoms with Gasteiger partial charge < -0.3 is 10.1 Å². The molecular formula is C26H25N3O. The van der Waals surface area contributed by atoms with Gasteiger partial charge >= 0.3 is 0 Å². The number of morpholine rings is 1. The number of hydrogen-bond acceptors (Lipinski definition) is 4. The van der Waals surface area contributed by atoms with Crippen LogP contribution in [0.25, 0.3) is 10.8 Å². The van der Waals surface area contributed by atoms with Crippen LogP contribution in [0.5, 0.6) is 0 Å². The summed E-state index contributed by atoms with van der Waals surface area (Å²) in [5.41, 5.74) is 3.51. The molecule has 30 heavy (non-hydrogen) atoms. The maximum Gasteiger partial charge on any atom is 0.130 e. The van der Waals surface area contributed by atoms with E-state index in [4.69, 9.17) is 4.74 Å². The summed E-state index contributed by atoms with van der Waals surface area (Å²) in [6.07, 6.45) is 2.11. The highest BCUT2D eigenvalue weighted by molar-refractivity contribution is 5.86. The van der Waals surface area contributed by atoms with E-state index < -0.39 is 0 Å². The zero-order valence-electron chi connectivity index (χ0n) is 16.9. The van der Waals surface area contributed by atoms with Crippen molar-refractivity contribution in [3.8, 4) is 0 Å². The summed E-state index contributed by atoms with van der Waals surface area (Å²) in [7, 11) is 0. The Morgan fingerprint density at radius 1 is 0.900 bits per heavy atom. The van der Waals surface area contributed by atoms with Gasteiger partial charge in [-0.2, -0.15) is 0 Å². The molecule has 0 amide bonds. The minimum atomic E-state index is 0.141. The molecule has 4 aromatic rings. The van der Waals surface area contributed by atoms with Crippen molar-refractivity contribution < 1.29 is 4.74 Å². The number of nitrogens with one attached hydrogen (secondary N) is 1.